The van der Waals surface area contributed by atoms with Crippen LogP contribution in [0.25, 0.3) is 0 Å². The second-order valence-corrected chi connectivity index (χ2v) is 7.30. The predicted molar refractivity (Wildman–Crippen MR) is 79.5 cm³/mol. The smallest absolute Gasteiger partial charge is 0.194 e. The Morgan fingerprint density at radius 3 is 3.00 bits per heavy atom. The first-order valence-electron chi connectivity index (χ1n) is 7.34. The minimum atomic E-state index is 0.348. The van der Waals surface area contributed by atoms with Crippen LogP contribution in [-0.4, -0.2) is 11.1 Å². The summed E-state index contributed by atoms with van der Waals surface area (Å²) in [4.78, 5) is 4.08. The van der Waals surface area contributed by atoms with Gasteiger partial charge in [0.15, 0.2) is 5.06 Å². The van der Waals surface area contributed by atoms with Crippen molar-refractivity contribution in [3.8, 4) is 5.06 Å². The molecule has 1 saturated carbocycles. The van der Waals surface area contributed by atoms with Gasteiger partial charge in [-0.05, 0) is 36.5 Å². The Kier molecular flexibility index (Phi) is 3.42. The van der Waals surface area contributed by atoms with Gasteiger partial charge in [0.05, 0.1) is 11.7 Å². The first-order valence-corrected chi connectivity index (χ1v) is 8.22. The molecule has 1 aromatic rings. The molecular formula is C16H23NOS. The summed E-state index contributed by atoms with van der Waals surface area (Å²) in [5.74, 6) is 1.60. The van der Waals surface area contributed by atoms with Gasteiger partial charge in [-0.15, -0.1) is 0 Å². The van der Waals surface area contributed by atoms with Crippen molar-refractivity contribution in [2.75, 3.05) is 0 Å². The maximum absolute atomic E-state index is 6.07. The van der Waals surface area contributed by atoms with Gasteiger partial charge in [0.25, 0.3) is 0 Å². The Balaban J connectivity index is 1.74. The van der Waals surface area contributed by atoms with Crippen LogP contribution >= 0.6 is 11.3 Å². The van der Waals surface area contributed by atoms with Crippen molar-refractivity contribution >= 4 is 11.3 Å². The van der Waals surface area contributed by atoms with Crippen molar-refractivity contribution < 1.29 is 4.74 Å². The van der Waals surface area contributed by atoms with Crippen LogP contribution in [0.1, 0.15) is 46.5 Å². The average Bonchev–Trinajstić information content (AvgIpc) is 2.89. The van der Waals surface area contributed by atoms with E-state index in [1.54, 1.807) is 16.9 Å². The summed E-state index contributed by atoms with van der Waals surface area (Å²) >= 11 is 1.59. The molecule has 2 nitrogen and oxygen atoms in total. The van der Waals surface area contributed by atoms with E-state index in [1.807, 2.05) is 11.7 Å². The lowest BCUT2D eigenvalue weighted by Crippen LogP contribution is -2.41. The molecule has 104 valence electrons. The molecule has 0 aliphatic heterocycles. The number of hydrogen-bond acceptors (Lipinski definition) is 3. The maximum atomic E-state index is 6.07. The number of thiazole rings is 1. The van der Waals surface area contributed by atoms with E-state index in [1.165, 1.54) is 19.3 Å². The van der Waals surface area contributed by atoms with Gasteiger partial charge in [0.1, 0.15) is 6.10 Å². The Morgan fingerprint density at radius 2 is 2.26 bits per heavy atom. The highest BCUT2D eigenvalue weighted by molar-refractivity contribution is 7.11. The molecule has 0 spiro atoms. The molecular weight excluding hydrogens is 254 g/mol. The molecule has 1 heterocycles. The minimum Gasteiger partial charge on any atom is -0.479 e. The zero-order valence-electron chi connectivity index (χ0n) is 12.1. The first kappa shape index (κ1) is 13.2. The summed E-state index contributed by atoms with van der Waals surface area (Å²) < 4.78 is 6.07. The molecule has 0 radical (unpaired) electrons. The highest BCUT2D eigenvalue weighted by Crippen LogP contribution is 2.52. The zero-order valence-corrected chi connectivity index (χ0v) is 12.9. The van der Waals surface area contributed by atoms with Crippen molar-refractivity contribution in [3.63, 3.8) is 0 Å². The molecule has 0 N–H and O–H groups in total. The van der Waals surface area contributed by atoms with Crippen molar-refractivity contribution in [2.24, 2.45) is 17.3 Å². The number of hydrogen-bond donors (Lipinski definition) is 0. The third-order valence-corrected chi connectivity index (χ3v) is 6.11. The molecule has 4 atom stereocenters. The topological polar surface area (TPSA) is 22.1 Å². The van der Waals surface area contributed by atoms with Crippen LogP contribution < -0.4 is 4.74 Å². The SMILES string of the molecule is CC1CC=C2C[C@@H](Oc3cncs3)CC[C@]2(C)C1C. The lowest BCUT2D eigenvalue weighted by molar-refractivity contribution is 0.0767. The van der Waals surface area contributed by atoms with Gasteiger partial charge in [-0.25, -0.2) is 4.98 Å². The summed E-state index contributed by atoms with van der Waals surface area (Å²) in [6, 6.07) is 0. The number of ether oxygens (including phenoxy) is 1. The van der Waals surface area contributed by atoms with Gasteiger partial charge >= 0.3 is 0 Å². The Morgan fingerprint density at radius 1 is 1.42 bits per heavy atom. The van der Waals surface area contributed by atoms with Crippen LogP contribution in [0.4, 0.5) is 0 Å². The number of rotatable bonds is 2. The summed E-state index contributed by atoms with van der Waals surface area (Å²) in [5.41, 5.74) is 3.88. The molecule has 1 fully saturated rings. The normalized spacial score (nSPS) is 38.5. The quantitative estimate of drug-likeness (QED) is 0.732. The van der Waals surface area contributed by atoms with Gasteiger partial charge in [0, 0.05) is 6.42 Å². The summed E-state index contributed by atoms with van der Waals surface area (Å²) in [7, 11) is 0. The van der Waals surface area contributed by atoms with Gasteiger partial charge in [-0.1, -0.05) is 43.8 Å². The molecule has 0 aromatic carbocycles. The lowest BCUT2D eigenvalue weighted by atomic mass is 9.57. The van der Waals surface area contributed by atoms with E-state index in [4.69, 9.17) is 4.74 Å². The van der Waals surface area contributed by atoms with Crippen LogP contribution in [0.2, 0.25) is 0 Å². The van der Waals surface area contributed by atoms with E-state index >= 15 is 0 Å². The van der Waals surface area contributed by atoms with Crippen LogP contribution in [-0.2, 0) is 0 Å². The van der Waals surface area contributed by atoms with Crippen LogP contribution in [0, 0.1) is 17.3 Å². The second-order valence-electron chi connectivity index (χ2n) is 6.45. The Hall–Kier alpha value is -0.830. The fraction of sp³-hybridized carbons (Fsp3) is 0.688. The molecule has 2 aliphatic rings. The molecule has 2 unspecified atom stereocenters. The van der Waals surface area contributed by atoms with Crippen LogP contribution in [0.15, 0.2) is 23.4 Å². The highest BCUT2D eigenvalue weighted by atomic mass is 32.1. The van der Waals surface area contributed by atoms with Gasteiger partial charge < -0.3 is 4.74 Å². The maximum Gasteiger partial charge on any atom is 0.194 e. The van der Waals surface area contributed by atoms with Crippen LogP contribution in [0.5, 0.6) is 5.06 Å². The molecule has 2 aliphatic carbocycles. The number of allylic oxidation sites excluding steroid dienone is 1. The third-order valence-electron chi connectivity index (χ3n) is 5.45. The first-order chi connectivity index (χ1) is 9.09. The van der Waals surface area contributed by atoms with Crippen molar-refractivity contribution in [2.45, 2.75) is 52.6 Å². The van der Waals surface area contributed by atoms with E-state index < -0.39 is 0 Å². The standard InChI is InChI=1S/C16H23NOS/c1-11-4-5-13-8-14(18-15-9-17-10-19-15)6-7-16(13,3)12(11)2/h5,9-12,14H,4,6-8H2,1-3H3/t11?,12?,14-,16+/m0/s1. The van der Waals surface area contributed by atoms with E-state index in [0.717, 1.165) is 23.3 Å². The zero-order chi connectivity index (χ0) is 13.5. The van der Waals surface area contributed by atoms with E-state index in [-0.39, 0.29) is 0 Å². The monoisotopic (exact) mass is 277 g/mol. The summed E-state index contributed by atoms with van der Waals surface area (Å²) in [5, 5.41) is 0.964. The summed E-state index contributed by atoms with van der Waals surface area (Å²) in [6.45, 7) is 7.28. The fourth-order valence-electron chi connectivity index (χ4n) is 3.73. The Labute approximate surface area is 119 Å². The third kappa shape index (κ3) is 2.33. The number of fused-ring (bicyclic) bond motifs is 1. The fourth-order valence-corrected chi connectivity index (χ4v) is 4.26. The molecule has 19 heavy (non-hydrogen) atoms. The molecule has 1 aromatic heterocycles. The Bertz CT molecular complexity index is 467. The summed E-state index contributed by atoms with van der Waals surface area (Å²) in [6.07, 6.45) is 9.44. The average molecular weight is 277 g/mol. The molecule has 0 saturated heterocycles. The predicted octanol–water partition coefficient (Wildman–Crippen LogP) is 4.68. The van der Waals surface area contributed by atoms with Gasteiger partial charge in [-0.3, -0.25) is 0 Å². The van der Waals surface area contributed by atoms with Crippen molar-refractivity contribution in [3.05, 3.63) is 23.4 Å². The molecule has 3 heteroatoms. The highest BCUT2D eigenvalue weighted by Gasteiger charge is 2.43. The molecule has 0 bridgehead atoms. The van der Waals surface area contributed by atoms with Crippen molar-refractivity contribution in [1.29, 1.82) is 0 Å². The van der Waals surface area contributed by atoms with Crippen LogP contribution in [0.3, 0.4) is 0 Å². The second kappa shape index (κ2) is 4.93. The lowest BCUT2D eigenvalue weighted by Gasteiger charge is -2.48. The largest absolute Gasteiger partial charge is 0.479 e. The number of nitrogens with zero attached hydrogens (tertiary/aromatic N) is 1. The van der Waals surface area contributed by atoms with Gasteiger partial charge in [-0.2, -0.15) is 0 Å². The van der Waals surface area contributed by atoms with E-state index in [2.05, 4.69) is 31.8 Å². The van der Waals surface area contributed by atoms with E-state index in [9.17, 15) is 0 Å². The van der Waals surface area contributed by atoms with E-state index in [0.29, 0.717) is 11.5 Å². The minimum absolute atomic E-state index is 0.348. The number of aromatic nitrogens is 1. The van der Waals surface area contributed by atoms with Gasteiger partial charge in [0.2, 0.25) is 0 Å². The molecule has 3 rings (SSSR count). The van der Waals surface area contributed by atoms with Crippen molar-refractivity contribution in [1.82, 2.24) is 4.98 Å². The molecule has 0 amide bonds.